The quantitative estimate of drug-likeness (QED) is 0.161. The minimum absolute atomic E-state index is 0. The van der Waals surface area contributed by atoms with Crippen molar-refractivity contribution in [2.75, 3.05) is 0 Å². The van der Waals surface area contributed by atoms with Gasteiger partial charge >= 0.3 is 0 Å². The molecule has 0 aliphatic carbocycles. The topological polar surface area (TPSA) is 701 Å². The minimum Gasteiger partial charge on any atom is -2.00 e. The van der Waals surface area contributed by atoms with Gasteiger partial charge in [-0.25, -0.2) is 0 Å². The second-order valence-corrected chi connectivity index (χ2v) is 6.12. The van der Waals surface area contributed by atoms with Crippen LogP contribution in [0.5, 0.6) is 0 Å². The van der Waals surface area contributed by atoms with Gasteiger partial charge in [0.05, 0.1) is 0 Å². The van der Waals surface area contributed by atoms with Crippen LogP contribution in [0.25, 0.3) is 0 Å². The molecule has 0 bridgehead atoms. The molecule has 0 heterocycles. The average molecular weight is 854 g/mol. The molecule has 39 heteroatoms. The predicted octanol–water partition coefficient (Wildman–Crippen LogP) is -11.4. The van der Waals surface area contributed by atoms with Gasteiger partial charge < -0.3 is 100 Å². The molecule has 0 spiro atoms. The fourth-order valence-electron chi connectivity index (χ4n) is 0. The summed E-state index contributed by atoms with van der Waals surface area (Å²) < 4.78 is 170. The Bertz CT molecular complexity index is 629. The Balaban J connectivity index is -0.00000000692. The van der Waals surface area contributed by atoms with Crippen molar-refractivity contribution in [2.24, 2.45) is 0 Å². The summed E-state index contributed by atoms with van der Waals surface area (Å²) in [6.07, 6.45) is 0. The number of hydrogen-bond acceptors (Lipinski definition) is 20. The molecule has 30 nitrogen and oxygen atoms in total. The molecule has 10 N–H and O–H groups in total. The van der Waals surface area contributed by atoms with Crippen molar-refractivity contribution in [1.82, 2.24) is 0 Å². The Morgan fingerprint density at radius 3 is 0.231 bits per heavy atom. The second kappa shape index (κ2) is 58.8. The molecule has 0 aromatic rings. The summed E-state index contributed by atoms with van der Waals surface area (Å²) >= 11 is 0. The van der Waals surface area contributed by atoms with Gasteiger partial charge in [0.15, 0.2) is 0 Å². The smallest absolute Gasteiger partial charge is 0.0311 e. The summed E-state index contributed by atoms with van der Waals surface area (Å²) in [4.78, 5) is 0. The Labute approximate surface area is 266 Å². The standard InChI is InChI=1S/5H2O4S.5H2O.5O.4V/c5*1-5(2,3)4;;;;;;;;;;;;;;/h5*(H2,1,2,3,4);5*1H2;;;;;;;;;/q;;;;;;;;;;5*-2;;;;/p-10. The maximum atomic E-state index is 8.52. The van der Waals surface area contributed by atoms with Gasteiger partial charge in [0.2, 0.25) is 0 Å². The third-order valence-corrected chi connectivity index (χ3v) is 0. The van der Waals surface area contributed by atoms with E-state index in [1.165, 1.54) is 0 Å². The normalized spacial score (nSPS) is 7.44. The monoisotopic (exact) mass is 854 g/mol. The van der Waals surface area contributed by atoms with Gasteiger partial charge in [0, 0.05) is 126 Å². The summed E-state index contributed by atoms with van der Waals surface area (Å²) in [7, 11) is -25.8. The summed E-state index contributed by atoms with van der Waals surface area (Å²) in [5, 5.41) is 0. The summed E-state index contributed by atoms with van der Waals surface area (Å²) in [6.45, 7) is 0. The van der Waals surface area contributed by atoms with Crippen molar-refractivity contribution in [3.8, 4) is 0 Å². The van der Waals surface area contributed by atoms with Crippen LogP contribution in [0, 0.1) is 0 Å². The second-order valence-electron chi connectivity index (χ2n) is 2.04. The van der Waals surface area contributed by atoms with Gasteiger partial charge in [-0.1, -0.05) is 0 Å². The third-order valence-electron chi connectivity index (χ3n) is 0. The van der Waals surface area contributed by atoms with Crippen LogP contribution in [0.1, 0.15) is 0 Å². The molecule has 0 aromatic carbocycles. The molecule has 0 saturated carbocycles. The molecule has 0 atom stereocenters. The first kappa shape index (κ1) is 137. The maximum absolute atomic E-state index is 8.52. The molecule has 0 aromatic heterocycles. The Hall–Kier alpha value is 1.29. The molecule has 4 radical (unpaired) electrons. The molecular weight excluding hydrogens is 844 g/mol. The van der Waals surface area contributed by atoms with Crippen molar-refractivity contribution >= 4 is 52.0 Å². The van der Waals surface area contributed by atoms with Crippen molar-refractivity contribution in [3.63, 3.8) is 0 Å². The van der Waals surface area contributed by atoms with Gasteiger partial charge in [-0.3, -0.25) is 42.1 Å². The largest absolute Gasteiger partial charge is 2.00 e. The molecule has 0 aliphatic rings. The van der Waals surface area contributed by atoms with Crippen LogP contribution in [-0.2, 0) is 154 Å². The van der Waals surface area contributed by atoms with Crippen LogP contribution < -0.4 is 0 Å². The molecule has 260 valence electrons. The zero-order chi connectivity index (χ0) is 22.5. The maximum Gasteiger partial charge on any atom is 0.0311 e. The van der Waals surface area contributed by atoms with Crippen LogP contribution in [0.15, 0.2) is 0 Å². The molecular formula is H10O30S5V4-20. The Morgan fingerprint density at radius 2 is 0.231 bits per heavy atom. The molecule has 0 unspecified atom stereocenters. The van der Waals surface area contributed by atoms with Gasteiger partial charge in [0.1, 0.15) is 0 Å². The van der Waals surface area contributed by atoms with Crippen LogP contribution in [-0.4, -0.2) is 115 Å². The van der Waals surface area contributed by atoms with E-state index in [2.05, 4.69) is 0 Å². The summed E-state index contributed by atoms with van der Waals surface area (Å²) in [5.74, 6) is 0. The fraction of sp³-hybridized carbons (Fsp3) is 0. The van der Waals surface area contributed by atoms with Gasteiger partial charge in [-0.05, 0) is 0 Å². The third kappa shape index (κ3) is 32900. The van der Waals surface area contributed by atoms with E-state index in [1.807, 2.05) is 0 Å². The molecule has 0 rings (SSSR count). The van der Waals surface area contributed by atoms with E-state index < -0.39 is 52.0 Å². The van der Waals surface area contributed by atoms with E-state index in [0.29, 0.717) is 0 Å². The number of rotatable bonds is 0. The average Bonchev–Trinajstić information content (AvgIpc) is 1.79. The summed E-state index contributed by atoms with van der Waals surface area (Å²) in [6, 6.07) is 0. The van der Waals surface area contributed by atoms with Crippen molar-refractivity contribution in [3.05, 3.63) is 0 Å². The van der Waals surface area contributed by atoms with Gasteiger partial charge in [-0.2, -0.15) is 0 Å². The first-order valence-electron chi connectivity index (χ1n) is 3.33. The first-order chi connectivity index (χ1) is 10.0. The zero-order valence-electron chi connectivity index (χ0n) is 16.5. The number of hydrogen-bond donors (Lipinski definition) is 0. The van der Waals surface area contributed by atoms with Crippen molar-refractivity contribution < 1.29 is 217 Å². The van der Waals surface area contributed by atoms with Crippen LogP contribution in [0.4, 0.5) is 0 Å². The van der Waals surface area contributed by atoms with E-state index in [9.17, 15) is 0 Å². The van der Waals surface area contributed by atoms with Crippen molar-refractivity contribution in [1.29, 1.82) is 0 Å². The van der Waals surface area contributed by atoms with Crippen molar-refractivity contribution in [2.45, 2.75) is 0 Å². The molecule has 0 saturated heterocycles. The zero-order valence-corrected chi connectivity index (χ0v) is 26.2. The molecule has 0 aliphatic heterocycles. The Kier molecular flexibility index (Phi) is 207. The molecule has 0 amide bonds. The van der Waals surface area contributed by atoms with Gasteiger partial charge in [-0.15, -0.1) is 0 Å². The van der Waals surface area contributed by atoms with E-state index in [-0.39, 0.29) is 129 Å². The van der Waals surface area contributed by atoms with E-state index >= 15 is 0 Å². The minimum atomic E-state index is -5.17. The Morgan fingerprint density at radius 1 is 0.231 bits per heavy atom. The van der Waals surface area contributed by atoms with Crippen LogP contribution in [0.3, 0.4) is 0 Å². The summed E-state index contributed by atoms with van der Waals surface area (Å²) in [5.41, 5.74) is 0. The molecule has 39 heavy (non-hydrogen) atoms. The van der Waals surface area contributed by atoms with E-state index in [0.717, 1.165) is 0 Å². The SMILES string of the molecule is O.O.O.O.O.O=S(=O)([O-])[O-].O=S(=O)([O-])[O-].O=S(=O)([O-])[O-].O=S(=O)([O-])[O-].O=S(=O)([O-])[O-].[O-2].[O-2].[O-2].[O-2].[O-2].[V].[V].[V].[V]. The molecule has 0 fully saturated rings. The first-order valence-corrected chi connectivity index (χ1v) is 10.0. The van der Waals surface area contributed by atoms with Crippen LogP contribution >= 0.6 is 0 Å². The van der Waals surface area contributed by atoms with Crippen LogP contribution in [0.2, 0.25) is 0 Å². The van der Waals surface area contributed by atoms with Gasteiger partial charge in [0.25, 0.3) is 0 Å². The van der Waals surface area contributed by atoms with E-state index in [1.54, 1.807) is 0 Å². The fourth-order valence-corrected chi connectivity index (χ4v) is 0. The predicted molar refractivity (Wildman–Crippen MR) is 73.9 cm³/mol. The van der Waals surface area contributed by atoms with E-state index in [4.69, 9.17) is 87.6 Å².